The van der Waals surface area contributed by atoms with Crippen LogP contribution < -0.4 is 5.32 Å². The van der Waals surface area contributed by atoms with Crippen LogP contribution >= 0.6 is 11.6 Å². The zero-order valence-electron chi connectivity index (χ0n) is 15.4. The van der Waals surface area contributed by atoms with Crippen molar-refractivity contribution < 1.29 is 9.59 Å². The number of hydrogen-bond acceptors (Lipinski definition) is 3. The maximum atomic E-state index is 12.8. The molecule has 0 bridgehead atoms. The van der Waals surface area contributed by atoms with Crippen LogP contribution in [0.1, 0.15) is 40.3 Å². The van der Waals surface area contributed by atoms with E-state index in [1.807, 2.05) is 43.3 Å². The molecule has 1 aromatic heterocycles. The molecule has 0 spiro atoms. The Bertz CT molecular complexity index is 996. The van der Waals surface area contributed by atoms with E-state index in [0.29, 0.717) is 22.0 Å². The predicted molar refractivity (Wildman–Crippen MR) is 105 cm³/mol. The van der Waals surface area contributed by atoms with Crippen molar-refractivity contribution in [3.05, 3.63) is 82.1 Å². The molecule has 0 aliphatic heterocycles. The third-order valence-corrected chi connectivity index (χ3v) is 4.66. The van der Waals surface area contributed by atoms with E-state index in [0.717, 1.165) is 11.3 Å². The Labute approximate surface area is 163 Å². The summed E-state index contributed by atoms with van der Waals surface area (Å²) in [4.78, 5) is 25.3. The van der Waals surface area contributed by atoms with Gasteiger partial charge in [-0.25, -0.2) is 4.68 Å². The molecule has 0 fully saturated rings. The molecule has 0 aliphatic rings. The summed E-state index contributed by atoms with van der Waals surface area (Å²) >= 11 is 6.00. The first-order valence-electron chi connectivity index (χ1n) is 8.60. The van der Waals surface area contributed by atoms with Crippen molar-refractivity contribution in [3.63, 3.8) is 0 Å². The van der Waals surface area contributed by atoms with Crippen LogP contribution in [-0.2, 0) is 4.79 Å². The monoisotopic (exact) mass is 381 g/mol. The number of halogens is 1. The van der Waals surface area contributed by atoms with E-state index in [1.54, 1.807) is 36.7 Å². The van der Waals surface area contributed by atoms with E-state index < -0.39 is 11.7 Å². The maximum absolute atomic E-state index is 12.8. The van der Waals surface area contributed by atoms with Crippen LogP contribution in [0, 0.1) is 13.8 Å². The van der Waals surface area contributed by atoms with Crippen molar-refractivity contribution in [1.29, 1.82) is 0 Å². The number of ketones is 1. The largest absolute Gasteiger partial charge is 0.343 e. The maximum Gasteiger partial charge on any atom is 0.293 e. The van der Waals surface area contributed by atoms with Gasteiger partial charge in [0.2, 0.25) is 0 Å². The molecular weight excluding hydrogens is 362 g/mol. The Morgan fingerprint density at radius 3 is 2.44 bits per heavy atom. The second-order valence-electron chi connectivity index (χ2n) is 6.37. The lowest BCUT2D eigenvalue weighted by molar-refractivity contribution is -0.117. The third-order valence-electron chi connectivity index (χ3n) is 4.42. The normalized spacial score (nSPS) is 11.9. The Morgan fingerprint density at radius 2 is 1.78 bits per heavy atom. The average molecular weight is 382 g/mol. The van der Waals surface area contributed by atoms with Crippen LogP contribution in [0.15, 0.2) is 54.6 Å². The van der Waals surface area contributed by atoms with Crippen molar-refractivity contribution in [1.82, 2.24) is 15.1 Å². The van der Waals surface area contributed by atoms with E-state index in [2.05, 4.69) is 10.4 Å². The molecule has 1 heterocycles. The zero-order valence-corrected chi connectivity index (χ0v) is 16.1. The minimum atomic E-state index is -0.665. The lowest BCUT2D eigenvalue weighted by Gasteiger charge is -2.14. The fourth-order valence-electron chi connectivity index (χ4n) is 3.03. The minimum Gasteiger partial charge on any atom is -0.343 e. The zero-order chi connectivity index (χ0) is 19.6. The molecule has 6 heteroatoms. The molecule has 0 saturated heterocycles. The van der Waals surface area contributed by atoms with Gasteiger partial charge in [0.15, 0.2) is 0 Å². The molecule has 0 aliphatic carbocycles. The van der Waals surface area contributed by atoms with Crippen molar-refractivity contribution in [2.24, 2.45) is 0 Å². The lowest BCUT2D eigenvalue weighted by atomic mass is 10.1. The number of Topliss-reactive ketones (excluding diaryl/α,β-unsaturated/α-hetero) is 1. The van der Waals surface area contributed by atoms with Gasteiger partial charge in [-0.15, -0.1) is 0 Å². The summed E-state index contributed by atoms with van der Waals surface area (Å²) < 4.78 is 1.68. The summed E-state index contributed by atoms with van der Waals surface area (Å²) in [5, 5.41) is 7.75. The highest BCUT2D eigenvalue weighted by Crippen LogP contribution is 2.20. The number of hydrogen-bond donors (Lipinski definition) is 1. The number of carbonyl (C=O) groups is 2. The number of para-hydroxylation sites is 1. The fourth-order valence-corrected chi connectivity index (χ4v) is 3.23. The molecule has 5 nitrogen and oxygen atoms in total. The number of nitrogens with one attached hydrogen (secondary N) is 1. The summed E-state index contributed by atoms with van der Waals surface area (Å²) in [7, 11) is 0. The Hall–Kier alpha value is -2.92. The van der Waals surface area contributed by atoms with Gasteiger partial charge >= 0.3 is 0 Å². The number of amides is 1. The topological polar surface area (TPSA) is 64.0 Å². The average Bonchev–Trinajstić information content (AvgIpc) is 2.96. The summed E-state index contributed by atoms with van der Waals surface area (Å²) in [6, 6.07) is 16.3. The van der Waals surface area contributed by atoms with E-state index >= 15 is 0 Å². The Balaban J connectivity index is 1.83. The SMILES string of the molecule is Cc1nn(-c2ccccc2)c(C)c1C(=O)C(=O)NC(C)c1cccc(Cl)c1. The van der Waals surface area contributed by atoms with Crippen molar-refractivity contribution >= 4 is 23.3 Å². The van der Waals surface area contributed by atoms with E-state index in [4.69, 9.17) is 11.6 Å². The first kappa shape index (κ1) is 18.9. The Morgan fingerprint density at radius 1 is 1.07 bits per heavy atom. The van der Waals surface area contributed by atoms with Gasteiger partial charge in [-0.2, -0.15) is 5.10 Å². The van der Waals surface area contributed by atoms with E-state index in [9.17, 15) is 9.59 Å². The number of rotatable bonds is 5. The second kappa shape index (κ2) is 7.76. The number of aromatic nitrogens is 2. The van der Waals surface area contributed by atoms with Crippen LogP contribution in [-0.4, -0.2) is 21.5 Å². The van der Waals surface area contributed by atoms with Gasteiger partial charge in [-0.05, 0) is 50.6 Å². The third kappa shape index (κ3) is 3.93. The van der Waals surface area contributed by atoms with Gasteiger partial charge in [0.1, 0.15) is 0 Å². The molecule has 0 radical (unpaired) electrons. The van der Waals surface area contributed by atoms with Crippen LogP contribution in [0.2, 0.25) is 5.02 Å². The van der Waals surface area contributed by atoms with Crippen molar-refractivity contribution in [2.75, 3.05) is 0 Å². The minimum absolute atomic E-state index is 0.328. The molecular formula is C21H20ClN3O2. The molecule has 1 amide bonds. The molecule has 1 unspecified atom stereocenters. The van der Waals surface area contributed by atoms with Crippen LogP contribution in [0.25, 0.3) is 5.69 Å². The van der Waals surface area contributed by atoms with Crippen LogP contribution in [0.5, 0.6) is 0 Å². The van der Waals surface area contributed by atoms with Gasteiger partial charge in [0.25, 0.3) is 11.7 Å². The summed E-state index contributed by atoms with van der Waals surface area (Å²) in [5.74, 6) is -1.26. The molecule has 0 saturated carbocycles. The summed E-state index contributed by atoms with van der Waals surface area (Å²) in [5.41, 5.74) is 3.15. The first-order valence-corrected chi connectivity index (χ1v) is 8.98. The standard InChI is InChI=1S/C21H20ClN3O2/c1-13(16-8-7-9-17(22)12-16)23-21(27)20(26)19-14(2)24-25(15(19)3)18-10-5-4-6-11-18/h4-13H,1-3H3,(H,23,27). The van der Waals surface area contributed by atoms with Crippen LogP contribution in [0.3, 0.4) is 0 Å². The van der Waals surface area contributed by atoms with Gasteiger partial charge < -0.3 is 5.32 Å². The van der Waals surface area contributed by atoms with Crippen molar-refractivity contribution in [3.8, 4) is 5.69 Å². The number of aryl methyl sites for hydroxylation is 1. The summed E-state index contributed by atoms with van der Waals surface area (Å²) in [6.45, 7) is 5.32. The van der Waals surface area contributed by atoms with Crippen LogP contribution in [0.4, 0.5) is 0 Å². The van der Waals surface area contributed by atoms with Gasteiger partial charge in [-0.3, -0.25) is 9.59 Å². The van der Waals surface area contributed by atoms with Crippen molar-refractivity contribution in [2.45, 2.75) is 26.8 Å². The summed E-state index contributed by atoms with van der Waals surface area (Å²) in [6.07, 6.45) is 0. The van der Waals surface area contributed by atoms with E-state index in [1.165, 1.54) is 0 Å². The second-order valence-corrected chi connectivity index (χ2v) is 6.81. The molecule has 1 N–H and O–H groups in total. The quantitative estimate of drug-likeness (QED) is 0.532. The highest BCUT2D eigenvalue weighted by molar-refractivity contribution is 6.43. The molecule has 3 rings (SSSR count). The number of nitrogens with zero attached hydrogens (tertiary/aromatic N) is 2. The van der Waals surface area contributed by atoms with Gasteiger partial charge in [0, 0.05) is 5.02 Å². The molecule has 1 atom stereocenters. The molecule has 27 heavy (non-hydrogen) atoms. The highest BCUT2D eigenvalue weighted by atomic mass is 35.5. The molecule has 2 aromatic carbocycles. The lowest BCUT2D eigenvalue weighted by Crippen LogP contribution is -2.33. The predicted octanol–water partition coefficient (Wildman–Crippen LogP) is 4.20. The smallest absolute Gasteiger partial charge is 0.293 e. The first-order chi connectivity index (χ1) is 12.9. The molecule has 138 valence electrons. The van der Waals surface area contributed by atoms with Gasteiger partial charge in [-0.1, -0.05) is 41.9 Å². The number of benzene rings is 2. The Kier molecular flexibility index (Phi) is 5.42. The fraction of sp³-hybridized carbons (Fsp3) is 0.190. The van der Waals surface area contributed by atoms with Gasteiger partial charge in [0.05, 0.1) is 28.7 Å². The van der Waals surface area contributed by atoms with E-state index in [-0.39, 0.29) is 6.04 Å². The number of carbonyl (C=O) groups excluding carboxylic acids is 2. The highest BCUT2D eigenvalue weighted by Gasteiger charge is 2.26. The molecule has 3 aromatic rings.